The number of carbonyl (C=O) groups is 2. The highest BCUT2D eigenvalue weighted by atomic mass is 16.6. The Hall–Kier alpha value is -2.88. The summed E-state index contributed by atoms with van der Waals surface area (Å²) < 4.78 is 10.1. The summed E-state index contributed by atoms with van der Waals surface area (Å²) >= 11 is 0. The Labute approximate surface area is 141 Å². The summed E-state index contributed by atoms with van der Waals surface area (Å²) in [7, 11) is 1.32. The van der Waals surface area contributed by atoms with Crippen LogP contribution in [-0.2, 0) is 9.53 Å². The van der Waals surface area contributed by atoms with E-state index in [-0.39, 0.29) is 12.4 Å². The fourth-order valence-corrected chi connectivity index (χ4v) is 2.37. The standard InChI is InChI=1S/C20H20O4/c1-14-11-16(9-10-18(21)17-7-5-4-6-8-17)12-15(2)20(14)24-13-19(22)23-3/h4-12H,13H2,1-3H3/b10-9+. The molecule has 4 nitrogen and oxygen atoms in total. The molecule has 4 heteroatoms. The van der Waals surface area contributed by atoms with Crippen molar-refractivity contribution >= 4 is 17.8 Å². The van der Waals surface area contributed by atoms with Crippen LogP contribution in [0, 0.1) is 13.8 Å². The Balaban J connectivity index is 2.13. The van der Waals surface area contributed by atoms with Crippen molar-refractivity contribution in [2.75, 3.05) is 13.7 Å². The van der Waals surface area contributed by atoms with Crippen LogP contribution in [0.25, 0.3) is 6.08 Å². The maximum atomic E-state index is 12.1. The molecule has 0 amide bonds. The van der Waals surface area contributed by atoms with Gasteiger partial charge >= 0.3 is 5.97 Å². The highest BCUT2D eigenvalue weighted by molar-refractivity contribution is 6.06. The molecule has 2 aromatic rings. The van der Waals surface area contributed by atoms with E-state index < -0.39 is 5.97 Å². The second kappa shape index (κ2) is 8.11. The Kier molecular flexibility index (Phi) is 5.90. The predicted molar refractivity (Wildman–Crippen MR) is 93.2 cm³/mol. The van der Waals surface area contributed by atoms with Gasteiger partial charge in [-0.2, -0.15) is 0 Å². The van der Waals surface area contributed by atoms with Crippen LogP contribution in [0.15, 0.2) is 48.5 Å². The molecular weight excluding hydrogens is 304 g/mol. The van der Waals surface area contributed by atoms with Crippen molar-refractivity contribution in [3.8, 4) is 5.75 Å². The second-order valence-corrected chi connectivity index (χ2v) is 5.41. The van der Waals surface area contributed by atoms with Crippen molar-refractivity contribution in [3.05, 3.63) is 70.8 Å². The summed E-state index contributed by atoms with van der Waals surface area (Å²) in [6, 6.07) is 12.9. The Morgan fingerprint density at radius 2 is 1.67 bits per heavy atom. The van der Waals surface area contributed by atoms with E-state index in [9.17, 15) is 9.59 Å². The molecule has 0 unspecified atom stereocenters. The van der Waals surface area contributed by atoms with Crippen LogP contribution in [0.3, 0.4) is 0 Å². The average Bonchev–Trinajstić information content (AvgIpc) is 2.59. The zero-order chi connectivity index (χ0) is 17.5. The van der Waals surface area contributed by atoms with Gasteiger partial charge in [0, 0.05) is 5.56 Å². The fourth-order valence-electron chi connectivity index (χ4n) is 2.37. The minimum absolute atomic E-state index is 0.0445. The van der Waals surface area contributed by atoms with Crippen LogP contribution >= 0.6 is 0 Å². The first-order valence-corrected chi connectivity index (χ1v) is 7.59. The zero-order valence-electron chi connectivity index (χ0n) is 14.0. The molecule has 0 radical (unpaired) electrons. The van der Waals surface area contributed by atoms with Gasteiger partial charge in [-0.25, -0.2) is 4.79 Å². The lowest BCUT2D eigenvalue weighted by Gasteiger charge is -2.12. The minimum atomic E-state index is -0.425. The SMILES string of the molecule is COC(=O)COc1c(C)cc(/C=C/C(=O)c2ccccc2)cc1C. The third-order valence-electron chi connectivity index (χ3n) is 3.53. The third kappa shape index (κ3) is 4.56. The average molecular weight is 324 g/mol. The number of hydrogen-bond acceptors (Lipinski definition) is 4. The van der Waals surface area contributed by atoms with Crippen LogP contribution in [-0.4, -0.2) is 25.5 Å². The molecule has 0 atom stereocenters. The maximum Gasteiger partial charge on any atom is 0.343 e. The number of carbonyl (C=O) groups excluding carboxylic acids is 2. The van der Waals surface area contributed by atoms with Crippen LogP contribution < -0.4 is 4.74 Å². The molecule has 0 aliphatic carbocycles. The lowest BCUT2D eigenvalue weighted by Crippen LogP contribution is -2.13. The summed E-state index contributed by atoms with van der Waals surface area (Å²) in [6.07, 6.45) is 3.33. The maximum absolute atomic E-state index is 12.1. The molecule has 0 fully saturated rings. The van der Waals surface area contributed by atoms with E-state index in [0.717, 1.165) is 16.7 Å². The van der Waals surface area contributed by atoms with Crippen molar-refractivity contribution in [2.45, 2.75) is 13.8 Å². The van der Waals surface area contributed by atoms with Gasteiger partial charge in [0.15, 0.2) is 12.4 Å². The molecule has 0 saturated carbocycles. The van der Waals surface area contributed by atoms with Gasteiger partial charge in [-0.05, 0) is 48.7 Å². The summed E-state index contributed by atoms with van der Waals surface area (Å²) in [5, 5.41) is 0. The first-order valence-electron chi connectivity index (χ1n) is 7.59. The Bertz CT molecular complexity index is 737. The number of aryl methyl sites for hydroxylation is 2. The topological polar surface area (TPSA) is 52.6 Å². The second-order valence-electron chi connectivity index (χ2n) is 5.41. The fraction of sp³-hybridized carbons (Fsp3) is 0.200. The van der Waals surface area contributed by atoms with E-state index in [1.54, 1.807) is 24.3 Å². The van der Waals surface area contributed by atoms with E-state index in [0.29, 0.717) is 11.3 Å². The summed E-state index contributed by atoms with van der Waals surface area (Å²) in [5.74, 6) is 0.190. The smallest absolute Gasteiger partial charge is 0.343 e. The van der Waals surface area contributed by atoms with Crippen molar-refractivity contribution in [1.29, 1.82) is 0 Å². The third-order valence-corrected chi connectivity index (χ3v) is 3.53. The number of esters is 1. The molecule has 0 saturated heterocycles. The first kappa shape index (κ1) is 17.5. The van der Waals surface area contributed by atoms with E-state index in [4.69, 9.17) is 4.74 Å². The van der Waals surface area contributed by atoms with Crippen LogP contribution in [0.2, 0.25) is 0 Å². The first-order chi connectivity index (χ1) is 11.5. The highest BCUT2D eigenvalue weighted by Gasteiger charge is 2.09. The van der Waals surface area contributed by atoms with E-state index in [1.807, 2.05) is 44.2 Å². The molecule has 0 spiro atoms. The van der Waals surface area contributed by atoms with Gasteiger partial charge in [-0.3, -0.25) is 4.79 Å². The van der Waals surface area contributed by atoms with Gasteiger partial charge in [0.05, 0.1) is 7.11 Å². The van der Waals surface area contributed by atoms with Crippen molar-refractivity contribution in [1.82, 2.24) is 0 Å². The van der Waals surface area contributed by atoms with Crippen LogP contribution in [0.1, 0.15) is 27.0 Å². The number of methoxy groups -OCH3 is 1. The van der Waals surface area contributed by atoms with Crippen molar-refractivity contribution < 1.29 is 19.1 Å². The summed E-state index contributed by atoms with van der Waals surface area (Å²) in [6.45, 7) is 3.67. The van der Waals surface area contributed by atoms with Gasteiger partial charge in [0.2, 0.25) is 0 Å². The Morgan fingerprint density at radius 3 is 2.25 bits per heavy atom. The van der Waals surface area contributed by atoms with Gasteiger partial charge in [0.25, 0.3) is 0 Å². The molecule has 2 rings (SSSR count). The van der Waals surface area contributed by atoms with Crippen molar-refractivity contribution in [2.24, 2.45) is 0 Å². The molecule has 124 valence electrons. The van der Waals surface area contributed by atoms with Gasteiger partial charge in [-0.15, -0.1) is 0 Å². The van der Waals surface area contributed by atoms with Crippen molar-refractivity contribution in [3.63, 3.8) is 0 Å². The molecule has 0 heterocycles. The summed E-state index contributed by atoms with van der Waals surface area (Å²) in [5.41, 5.74) is 3.34. The van der Waals surface area contributed by atoms with E-state index >= 15 is 0 Å². The summed E-state index contributed by atoms with van der Waals surface area (Å²) in [4.78, 5) is 23.3. The molecule has 0 bridgehead atoms. The molecular formula is C20H20O4. The van der Waals surface area contributed by atoms with Gasteiger partial charge in [0.1, 0.15) is 5.75 Å². The number of rotatable bonds is 6. The van der Waals surface area contributed by atoms with Crippen LogP contribution in [0.4, 0.5) is 0 Å². The molecule has 24 heavy (non-hydrogen) atoms. The van der Waals surface area contributed by atoms with Gasteiger partial charge in [-0.1, -0.05) is 36.4 Å². The lowest BCUT2D eigenvalue weighted by atomic mass is 10.0. The number of ether oxygens (including phenoxy) is 2. The normalized spacial score (nSPS) is 10.6. The number of hydrogen-bond donors (Lipinski definition) is 0. The number of allylic oxidation sites excluding steroid dienone is 1. The highest BCUT2D eigenvalue weighted by Crippen LogP contribution is 2.25. The largest absolute Gasteiger partial charge is 0.481 e. The lowest BCUT2D eigenvalue weighted by molar-refractivity contribution is -0.142. The van der Waals surface area contributed by atoms with E-state index in [2.05, 4.69) is 4.74 Å². The predicted octanol–water partition coefficient (Wildman–Crippen LogP) is 3.75. The monoisotopic (exact) mass is 324 g/mol. The molecule has 2 aromatic carbocycles. The minimum Gasteiger partial charge on any atom is -0.481 e. The molecule has 0 aromatic heterocycles. The molecule has 0 aliphatic heterocycles. The number of benzene rings is 2. The van der Waals surface area contributed by atoms with Gasteiger partial charge < -0.3 is 9.47 Å². The van der Waals surface area contributed by atoms with Crippen LogP contribution in [0.5, 0.6) is 5.75 Å². The van der Waals surface area contributed by atoms with E-state index in [1.165, 1.54) is 7.11 Å². The Morgan fingerprint density at radius 1 is 1.04 bits per heavy atom. The quantitative estimate of drug-likeness (QED) is 0.461. The zero-order valence-corrected chi connectivity index (χ0v) is 14.0. The number of ketones is 1. The molecule has 0 N–H and O–H groups in total. The molecule has 0 aliphatic rings.